The lowest BCUT2D eigenvalue weighted by atomic mass is 9.95. The number of aromatic nitrogens is 2. The zero-order valence-corrected chi connectivity index (χ0v) is 12.4. The van der Waals surface area contributed by atoms with Crippen LogP contribution < -0.4 is 0 Å². The van der Waals surface area contributed by atoms with Crippen LogP contribution in [0, 0.1) is 23.5 Å². The quantitative estimate of drug-likeness (QED) is 0.765. The summed E-state index contributed by atoms with van der Waals surface area (Å²) < 4.78 is 30.0. The van der Waals surface area contributed by atoms with Crippen molar-refractivity contribution in [3.63, 3.8) is 0 Å². The van der Waals surface area contributed by atoms with Gasteiger partial charge in [0.25, 0.3) is 0 Å². The lowest BCUT2D eigenvalue weighted by Gasteiger charge is -2.25. The zero-order chi connectivity index (χ0) is 14.6. The highest BCUT2D eigenvalue weighted by Crippen LogP contribution is 2.52. The average molecular weight is 311 g/mol. The molecular formula is C16H17ClF2N2. The Morgan fingerprint density at radius 2 is 2.10 bits per heavy atom. The third-order valence-electron chi connectivity index (χ3n) is 5.17. The Morgan fingerprint density at radius 1 is 1.24 bits per heavy atom. The maximum atomic E-state index is 14.3. The largest absolute Gasteiger partial charge is 0.322 e. The van der Waals surface area contributed by atoms with Gasteiger partial charge < -0.3 is 4.57 Å². The van der Waals surface area contributed by atoms with E-state index in [1.165, 1.54) is 19.3 Å². The first-order valence-electron chi connectivity index (χ1n) is 7.59. The number of halogens is 3. The summed E-state index contributed by atoms with van der Waals surface area (Å²) in [7, 11) is 0. The minimum atomic E-state index is -0.802. The third-order valence-corrected chi connectivity index (χ3v) is 5.36. The van der Waals surface area contributed by atoms with E-state index in [-0.39, 0.29) is 6.04 Å². The van der Waals surface area contributed by atoms with Gasteiger partial charge in [-0.3, -0.25) is 0 Å². The van der Waals surface area contributed by atoms with Crippen LogP contribution in [0.25, 0.3) is 11.0 Å². The fourth-order valence-electron chi connectivity index (χ4n) is 4.32. The first kappa shape index (κ1) is 13.5. The molecule has 5 heteroatoms. The van der Waals surface area contributed by atoms with Crippen molar-refractivity contribution in [3.05, 3.63) is 29.6 Å². The number of fused-ring (bicyclic) bond motifs is 3. The molecule has 3 atom stereocenters. The van der Waals surface area contributed by atoms with Gasteiger partial charge in [-0.25, -0.2) is 13.8 Å². The summed E-state index contributed by atoms with van der Waals surface area (Å²) in [5.41, 5.74) is 0.865. The van der Waals surface area contributed by atoms with E-state index in [0.29, 0.717) is 29.3 Å². The number of aryl methyl sites for hydroxylation is 1. The predicted molar refractivity (Wildman–Crippen MR) is 78.6 cm³/mol. The molecule has 0 aliphatic heterocycles. The smallest absolute Gasteiger partial charge is 0.184 e. The molecule has 2 fully saturated rings. The van der Waals surface area contributed by atoms with Crippen LogP contribution in [0.1, 0.15) is 37.5 Å². The van der Waals surface area contributed by atoms with E-state index in [4.69, 9.17) is 11.6 Å². The maximum Gasteiger partial charge on any atom is 0.184 e. The van der Waals surface area contributed by atoms with E-state index in [9.17, 15) is 8.78 Å². The molecule has 0 amide bonds. The predicted octanol–water partition coefficient (Wildman–Crippen LogP) is 4.46. The number of imidazole rings is 1. The highest BCUT2D eigenvalue weighted by molar-refractivity contribution is 6.17. The molecule has 0 radical (unpaired) electrons. The second-order valence-corrected chi connectivity index (χ2v) is 6.69. The van der Waals surface area contributed by atoms with Crippen LogP contribution in [-0.4, -0.2) is 15.4 Å². The highest BCUT2D eigenvalue weighted by atomic mass is 35.5. The number of nitrogens with zero attached hydrogens (tertiary/aromatic N) is 2. The maximum absolute atomic E-state index is 14.3. The van der Waals surface area contributed by atoms with E-state index in [1.54, 1.807) is 6.07 Å². The van der Waals surface area contributed by atoms with Crippen LogP contribution in [0.5, 0.6) is 0 Å². The summed E-state index contributed by atoms with van der Waals surface area (Å²) in [6, 6.07) is 2.97. The van der Waals surface area contributed by atoms with Crippen LogP contribution in [0.15, 0.2) is 12.1 Å². The molecule has 0 saturated heterocycles. The zero-order valence-electron chi connectivity index (χ0n) is 11.7. The van der Waals surface area contributed by atoms with Crippen molar-refractivity contribution in [2.75, 3.05) is 5.88 Å². The molecule has 21 heavy (non-hydrogen) atoms. The van der Waals surface area contributed by atoms with E-state index >= 15 is 0 Å². The number of rotatable bonds is 3. The van der Waals surface area contributed by atoms with Crippen molar-refractivity contribution in [1.82, 2.24) is 9.55 Å². The van der Waals surface area contributed by atoms with Gasteiger partial charge in [0.15, 0.2) is 11.6 Å². The summed E-state index contributed by atoms with van der Waals surface area (Å²) in [6.45, 7) is 0. The van der Waals surface area contributed by atoms with Crippen molar-refractivity contribution < 1.29 is 8.78 Å². The summed E-state index contributed by atoms with van der Waals surface area (Å²) in [4.78, 5) is 4.50. The molecule has 0 spiro atoms. The molecular weight excluding hydrogens is 294 g/mol. The summed E-state index contributed by atoms with van der Waals surface area (Å²) in [6.07, 6.45) is 5.32. The molecule has 2 bridgehead atoms. The molecule has 0 N–H and O–H groups in total. The van der Waals surface area contributed by atoms with Gasteiger partial charge in [-0.1, -0.05) is 6.42 Å². The van der Waals surface area contributed by atoms with Crippen molar-refractivity contribution >= 4 is 22.6 Å². The molecule has 2 aliphatic rings. The van der Waals surface area contributed by atoms with Crippen molar-refractivity contribution in [1.29, 1.82) is 0 Å². The van der Waals surface area contributed by atoms with Gasteiger partial charge >= 0.3 is 0 Å². The number of hydrogen-bond donors (Lipinski definition) is 0. The van der Waals surface area contributed by atoms with Gasteiger partial charge in [-0.05, 0) is 43.2 Å². The minimum absolute atomic E-state index is 0.253. The van der Waals surface area contributed by atoms with Gasteiger partial charge in [0.1, 0.15) is 11.3 Å². The Morgan fingerprint density at radius 3 is 2.76 bits per heavy atom. The van der Waals surface area contributed by atoms with Crippen molar-refractivity contribution in [2.24, 2.45) is 11.8 Å². The lowest BCUT2D eigenvalue weighted by molar-refractivity contribution is 0.327. The van der Waals surface area contributed by atoms with E-state index in [1.807, 2.05) is 4.57 Å². The van der Waals surface area contributed by atoms with Gasteiger partial charge in [0.2, 0.25) is 0 Å². The van der Waals surface area contributed by atoms with Crippen molar-refractivity contribution in [3.8, 4) is 0 Å². The summed E-state index contributed by atoms with van der Waals surface area (Å²) in [5, 5.41) is 0. The Hall–Kier alpha value is -1.16. The molecule has 1 aromatic heterocycles. The molecule has 1 aromatic carbocycles. The fourth-order valence-corrected chi connectivity index (χ4v) is 4.49. The number of alkyl halides is 1. The van der Waals surface area contributed by atoms with Crippen molar-refractivity contribution in [2.45, 2.75) is 38.1 Å². The minimum Gasteiger partial charge on any atom is -0.322 e. The standard InChI is InChI=1S/C16H17ClF2N2/c17-6-5-14-20-12-4-3-11(18)15(19)16(12)21(14)13-8-9-1-2-10(13)7-9/h3-4,9-10,13H,1-2,5-8H2. The summed E-state index contributed by atoms with van der Waals surface area (Å²) in [5.74, 6) is 0.964. The molecule has 3 unspecified atom stereocenters. The van der Waals surface area contributed by atoms with E-state index < -0.39 is 11.6 Å². The first-order valence-corrected chi connectivity index (χ1v) is 8.13. The first-order chi connectivity index (χ1) is 10.2. The number of benzene rings is 1. The second-order valence-electron chi connectivity index (χ2n) is 6.31. The van der Waals surface area contributed by atoms with Crippen LogP contribution >= 0.6 is 11.6 Å². The van der Waals surface area contributed by atoms with Crippen LogP contribution in [-0.2, 0) is 6.42 Å². The fraction of sp³-hybridized carbons (Fsp3) is 0.562. The van der Waals surface area contributed by atoms with Gasteiger partial charge in [0, 0.05) is 18.3 Å². The summed E-state index contributed by atoms with van der Waals surface area (Å²) >= 11 is 5.87. The van der Waals surface area contributed by atoms with Gasteiger partial charge in [0.05, 0.1) is 5.52 Å². The SMILES string of the molecule is Fc1ccc2nc(CCCl)n(C3CC4CCC3C4)c2c1F. The Labute approximate surface area is 127 Å². The number of hydrogen-bond acceptors (Lipinski definition) is 1. The molecule has 2 saturated carbocycles. The molecule has 4 rings (SSSR count). The third kappa shape index (κ3) is 1.99. The highest BCUT2D eigenvalue weighted by Gasteiger charge is 2.42. The molecule has 112 valence electrons. The Balaban J connectivity index is 1.92. The normalized spacial score (nSPS) is 27.9. The molecule has 2 nitrogen and oxygen atoms in total. The van der Waals surface area contributed by atoms with Crippen LogP contribution in [0.3, 0.4) is 0 Å². The average Bonchev–Trinajstić information content (AvgIpc) is 3.16. The Bertz CT molecular complexity index is 697. The van der Waals surface area contributed by atoms with E-state index in [0.717, 1.165) is 24.2 Å². The van der Waals surface area contributed by atoms with Gasteiger partial charge in [-0.15, -0.1) is 11.6 Å². The van der Waals surface area contributed by atoms with E-state index in [2.05, 4.69) is 4.98 Å². The second kappa shape index (κ2) is 4.94. The van der Waals surface area contributed by atoms with Crippen LogP contribution in [0.4, 0.5) is 8.78 Å². The Kier molecular flexibility index (Phi) is 3.18. The monoisotopic (exact) mass is 310 g/mol. The van der Waals surface area contributed by atoms with Crippen LogP contribution in [0.2, 0.25) is 0 Å². The lowest BCUT2D eigenvalue weighted by Crippen LogP contribution is -2.19. The van der Waals surface area contributed by atoms with Gasteiger partial charge in [-0.2, -0.15) is 0 Å². The molecule has 2 aliphatic carbocycles. The topological polar surface area (TPSA) is 17.8 Å². The molecule has 2 aromatic rings. The molecule has 1 heterocycles.